The third kappa shape index (κ3) is 4.15. The van der Waals surface area contributed by atoms with Gasteiger partial charge in [0.05, 0.1) is 18.7 Å². The van der Waals surface area contributed by atoms with E-state index in [0.717, 1.165) is 11.1 Å². The standard InChI is InChI=1S/C23H22N2O5/c1-15(25-23(26)18-4-3-5-20-22(18)30-14-29-20)17-6-7-19(21(12-17)27-2)28-13-16-8-10-24-11-9-16/h3-12,15H,13-14H2,1-2H3,(H,25,26). The van der Waals surface area contributed by atoms with Crippen LogP contribution in [-0.2, 0) is 6.61 Å². The molecule has 1 aromatic heterocycles. The molecule has 0 spiro atoms. The van der Waals surface area contributed by atoms with Gasteiger partial charge in [-0.15, -0.1) is 0 Å². The maximum atomic E-state index is 12.8. The number of aromatic nitrogens is 1. The maximum absolute atomic E-state index is 12.8. The Labute approximate surface area is 174 Å². The van der Waals surface area contributed by atoms with E-state index >= 15 is 0 Å². The molecule has 0 saturated carbocycles. The van der Waals surface area contributed by atoms with Gasteiger partial charge in [-0.3, -0.25) is 9.78 Å². The van der Waals surface area contributed by atoms with Crippen LogP contribution in [0.4, 0.5) is 0 Å². The molecule has 1 amide bonds. The summed E-state index contributed by atoms with van der Waals surface area (Å²) in [5.74, 6) is 2.04. The number of nitrogens with one attached hydrogen (secondary N) is 1. The van der Waals surface area contributed by atoms with E-state index in [1.54, 1.807) is 37.7 Å². The summed E-state index contributed by atoms with van der Waals surface area (Å²) in [6.45, 7) is 2.43. The van der Waals surface area contributed by atoms with E-state index in [9.17, 15) is 4.79 Å². The molecule has 1 aliphatic heterocycles. The molecule has 0 radical (unpaired) electrons. The summed E-state index contributed by atoms with van der Waals surface area (Å²) < 4.78 is 22.1. The summed E-state index contributed by atoms with van der Waals surface area (Å²) in [5.41, 5.74) is 2.35. The monoisotopic (exact) mass is 406 g/mol. The summed E-state index contributed by atoms with van der Waals surface area (Å²) in [6.07, 6.45) is 3.45. The first-order chi connectivity index (χ1) is 14.7. The van der Waals surface area contributed by atoms with E-state index in [-0.39, 0.29) is 18.7 Å². The Morgan fingerprint density at radius 3 is 2.77 bits per heavy atom. The average Bonchev–Trinajstić information content (AvgIpc) is 3.27. The molecular formula is C23H22N2O5. The van der Waals surface area contributed by atoms with Crippen molar-refractivity contribution < 1.29 is 23.7 Å². The lowest BCUT2D eigenvalue weighted by Crippen LogP contribution is -2.26. The van der Waals surface area contributed by atoms with Crippen LogP contribution in [0.3, 0.4) is 0 Å². The highest BCUT2D eigenvalue weighted by atomic mass is 16.7. The van der Waals surface area contributed by atoms with Gasteiger partial charge in [-0.25, -0.2) is 0 Å². The molecule has 0 aliphatic carbocycles. The first-order valence-electron chi connectivity index (χ1n) is 9.55. The van der Waals surface area contributed by atoms with Gasteiger partial charge in [-0.2, -0.15) is 0 Å². The van der Waals surface area contributed by atoms with Crippen molar-refractivity contribution in [1.29, 1.82) is 0 Å². The SMILES string of the molecule is COc1cc(C(C)NC(=O)c2cccc3c2OCO3)ccc1OCc1ccncc1. The average molecular weight is 406 g/mol. The molecule has 3 aromatic rings. The third-order valence-corrected chi connectivity index (χ3v) is 4.82. The van der Waals surface area contributed by atoms with Gasteiger partial charge in [0.25, 0.3) is 5.91 Å². The van der Waals surface area contributed by atoms with Gasteiger partial charge in [-0.05, 0) is 54.4 Å². The van der Waals surface area contributed by atoms with Crippen LogP contribution in [0.2, 0.25) is 0 Å². The second-order valence-corrected chi connectivity index (χ2v) is 6.79. The minimum absolute atomic E-state index is 0.118. The van der Waals surface area contributed by atoms with Crippen molar-refractivity contribution in [3.8, 4) is 23.0 Å². The second kappa shape index (κ2) is 8.73. The molecule has 1 atom stereocenters. The van der Waals surface area contributed by atoms with Crippen molar-refractivity contribution in [1.82, 2.24) is 10.3 Å². The minimum atomic E-state index is -0.251. The molecule has 7 heteroatoms. The zero-order valence-electron chi connectivity index (χ0n) is 16.8. The van der Waals surface area contributed by atoms with Gasteiger partial charge in [0.2, 0.25) is 6.79 Å². The number of pyridine rings is 1. The van der Waals surface area contributed by atoms with Crippen LogP contribution in [0.25, 0.3) is 0 Å². The topological polar surface area (TPSA) is 78.9 Å². The smallest absolute Gasteiger partial charge is 0.255 e. The number of amides is 1. The molecule has 154 valence electrons. The zero-order valence-corrected chi connectivity index (χ0v) is 16.8. The predicted octanol–water partition coefficient (Wildman–Crippen LogP) is 3.89. The van der Waals surface area contributed by atoms with Crippen LogP contribution in [0.1, 0.15) is 34.5 Å². The number of fused-ring (bicyclic) bond motifs is 1. The molecule has 1 N–H and O–H groups in total. The van der Waals surface area contributed by atoms with Crippen LogP contribution < -0.4 is 24.3 Å². The first-order valence-corrected chi connectivity index (χ1v) is 9.55. The predicted molar refractivity (Wildman–Crippen MR) is 110 cm³/mol. The van der Waals surface area contributed by atoms with Gasteiger partial charge in [0.1, 0.15) is 6.61 Å². The van der Waals surface area contributed by atoms with E-state index in [4.69, 9.17) is 18.9 Å². The summed E-state index contributed by atoms with van der Waals surface area (Å²) in [7, 11) is 1.59. The van der Waals surface area contributed by atoms with Crippen molar-refractivity contribution in [3.05, 3.63) is 77.6 Å². The van der Waals surface area contributed by atoms with E-state index in [1.807, 2.05) is 37.3 Å². The Bertz CT molecular complexity index is 1040. The fraction of sp³-hybridized carbons (Fsp3) is 0.217. The van der Waals surface area contributed by atoms with Crippen molar-refractivity contribution in [2.24, 2.45) is 0 Å². The molecule has 2 aromatic carbocycles. The Kier molecular flexibility index (Phi) is 5.70. The van der Waals surface area contributed by atoms with Crippen LogP contribution in [0, 0.1) is 0 Å². The number of benzene rings is 2. The molecule has 1 aliphatic rings. The fourth-order valence-electron chi connectivity index (χ4n) is 3.18. The molecule has 7 nitrogen and oxygen atoms in total. The normalized spacial score (nSPS) is 12.9. The number of para-hydroxylation sites is 1. The summed E-state index contributed by atoms with van der Waals surface area (Å²) >= 11 is 0. The van der Waals surface area contributed by atoms with Crippen molar-refractivity contribution >= 4 is 5.91 Å². The fourth-order valence-corrected chi connectivity index (χ4v) is 3.18. The molecule has 0 saturated heterocycles. The largest absolute Gasteiger partial charge is 0.493 e. The van der Waals surface area contributed by atoms with Gasteiger partial charge < -0.3 is 24.3 Å². The lowest BCUT2D eigenvalue weighted by molar-refractivity contribution is 0.0935. The van der Waals surface area contributed by atoms with Crippen LogP contribution >= 0.6 is 0 Å². The highest BCUT2D eigenvalue weighted by Gasteiger charge is 2.23. The summed E-state index contributed by atoms with van der Waals surface area (Å²) in [6, 6.07) is 14.4. The Morgan fingerprint density at radius 2 is 1.97 bits per heavy atom. The molecule has 0 bridgehead atoms. The number of carbonyl (C=O) groups is 1. The van der Waals surface area contributed by atoms with Crippen molar-refractivity contribution in [3.63, 3.8) is 0 Å². The van der Waals surface area contributed by atoms with Gasteiger partial charge >= 0.3 is 0 Å². The van der Waals surface area contributed by atoms with E-state index in [2.05, 4.69) is 10.3 Å². The zero-order chi connectivity index (χ0) is 20.9. The van der Waals surface area contributed by atoms with Gasteiger partial charge in [0.15, 0.2) is 23.0 Å². The number of rotatable bonds is 7. The molecule has 4 rings (SSSR count). The number of ether oxygens (including phenoxy) is 4. The summed E-state index contributed by atoms with van der Waals surface area (Å²) in [5, 5.41) is 2.99. The highest BCUT2D eigenvalue weighted by Crippen LogP contribution is 2.36. The number of methoxy groups -OCH3 is 1. The molecule has 0 fully saturated rings. The van der Waals surface area contributed by atoms with Crippen LogP contribution in [0.15, 0.2) is 60.9 Å². The Hall–Kier alpha value is -3.74. The molecular weight excluding hydrogens is 384 g/mol. The Morgan fingerprint density at radius 1 is 1.13 bits per heavy atom. The van der Waals surface area contributed by atoms with Crippen molar-refractivity contribution in [2.75, 3.05) is 13.9 Å². The molecule has 1 unspecified atom stereocenters. The maximum Gasteiger partial charge on any atom is 0.255 e. The lowest BCUT2D eigenvalue weighted by atomic mass is 10.1. The lowest BCUT2D eigenvalue weighted by Gasteiger charge is -2.18. The first kappa shape index (κ1) is 19.6. The molecule has 30 heavy (non-hydrogen) atoms. The van der Waals surface area contributed by atoms with E-state index in [0.29, 0.717) is 35.2 Å². The third-order valence-electron chi connectivity index (χ3n) is 4.82. The quantitative estimate of drug-likeness (QED) is 0.641. The molecule has 2 heterocycles. The Balaban J connectivity index is 1.46. The minimum Gasteiger partial charge on any atom is -0.493 e. The second-order valence-electron chi connectivity index (χ2n) is 6.79. The number of carbonyl (C=O) groups excluding carboxylic acids is 1. The van der Waals surface area contributed by atoms with Crippen molar-refractivity contribution in [2.45, 2.75) is 19.6 Å². The highest BCUT2D eigenvalue weighted by molar-refractivity contribution is 5.98. The van der Waals surface area contributed by atoms with Crippen LogP contribution in [0.5, 0.6) is 23.0 Å². The summed E-state index contributed by atoms with van der Waals surface area (Å²) in [4.78, 5) is 16.8. The number of hydrogen-bond donors (Lipinski definition) is 1. The van der Waals surface area contributed by atoms with Gasteiger partial charge in [-0.1, -0.05) is 12.1 Å². The van der Waals surface area contributed by atoms with E-state index < -0.39 is 0 Å². The number of nitrogens with zero attached hydrogens (tertiary/aromatic N) is 1. The van der Waals surface area contributed by atoms with Crippen LogP contribution in [-0.4, -0.2) is 24.8 Å². The van der Waals surface area contributed by atoms with Gasteiger partial charge in [0, 0.05) is 12.4 Å². The van der Waals surface area contributed by atoms with E-state index in [1.165, 1.54) is 0 Å². The number of hydrogen-bond acceptors (Lipinski definition) is 6.